The molecule has 0 radical (unpaired) electrons. The van der Waals surface area contributed by atoms with Crippen LogP contribution in [0.4, 0.5) is 19.0 Å². The average Bonchev–Trinajstić information content (AvgIpc) is 3.78. The van der Waals surface area contributed by atoms with Gasteiger partial charge in [-0.3, -0.25) is 4.79 Å². The second-order valence-electron chi connectivity index (χ2n) is 12.6. The van der Waals surface area contributed by atoms with Crippen LogP contribution in [0.2, 0.25) is 0 Å². The predicted octanol–water partition coefficient (Wildman–Crippen LogP) is 5.85. The number of amides is 1. The van der Waals surface area contributed by atoms with Crippen LogP contribution in [0.25, 0.3) is 22.3 Å². The number of nitrogens with two attached hydrogens (primary N) is 1. The maximum absolute atomic E-state index is 15.6. The molecular weight excluding hydrogens is 609 g/mol. The third-order valence-electron chi connectivity index (χ3n) is 8.95. The first-order chi connectivity index (χ1) is 22.6. The maximum atomic E-state index is 15.6. The number of ether oxygens (including phenoxy) is 1. The maximum Gasteiger partial charge on any atom is 0.264 e. The summed E-state index contributed by atoms with van der Waals surface area (Å²) in [6.45, 7) is 1.50. The van der Waals surface area contributed by atoms with Crippen molar-refractivity contribution in [1.82, 2.24) is 29.5 Å². The van der Waals surface area contributed by atoms with Gasteiger partial charge in [-0.05, 0) is 64.0 Å². The minimum Gasteiger partial charge on any atom is -0.454 e. The summed E-state index contributed by atoms with van der Waals surface area (Å²) in [6.07, 6.45) is 8.61. The van der Waals surface area contributed by atoms with E-state index in [-0.39, 0.29) is 58.1 Å². The van der Waals surface area contributed by atoms with Crippen molar-refractivity contribution < 1.29 is 22.7 Å². The van der Waals surface area contributed by atoms with Crippen molar-refractivity contribution in [2.75, 3.05) is 32.9 Å². The standard InChI is InChI=1S/C34H35F3N8O2/c1-43(2)19-34(12-3-4-13-34)16-21(17-38)33(46)44-14-6-7-22(44)18-45-32-28(31(39)40-20-41-32)30(42-45)24-11-10-23(15-26(24)36)47-27-9-5-8-25(35)29(27)37/h5,8-11,15-16,20,22H,3-4,6-7,12-14,18-19H2,1-2H3,(H2,39,40,41)/b21-16+/t22-/m0/s1. The molecule has 2 N–H and O–H groups in total. The fourth-order valence-corrected chi connectivity index (χ4v) is 6.94. The highest BCUT2D eigenvalue weighted by atomic mass is 19.2. The lowest BCUT2D eigenvalue weighted by Gasteiger charge is -2.30. The first kappa shape index (κ1) is 32.0. The van der Waals surface area contributed by atoms with Crippen LogP contribution in [-0.4, -0.2) is 68.7 Å². The van der Waals surface area contributed by atoms with Gasteiger partial charge in [-0.1, -0.05) is 25.0 Å². The van der Waals surface area contributed by atoms with Crippen molar-refractivity contribution in [2.24, 2.45) is 5.41 Å². The number of nitrogens with zero attached hydrogens (tertiary/aromatic N) is 7. The quantitative estimate of drug-likeness (QED) is 0.178. The summed E-state index contributed by atoms with van der Waals surface area (Å²) in [5.41, 5.74) is 6.80. The molecule has 47 heavy (non-hydrogen) atoms. The molecule has 2 aromatic heterocycles. The highest BCUT2D eigenvalue weighted by Gasteiger charge is 2.37. The van der Waals surface area contributed by atoms with Crippen molar-refractivity contribution in [3.8, 4) is 28.8 Å². The van der Waals surface area contributed by atoms with E-state index in [2.05, 4.69) is 20.9 Å². The highest BCUT2D eigenvalue weighted by Crippen LogP contribution is 2.41. The fourth-order valence-electron chi connectivity index (χ4n) is 6.94. The number of benzene rings is 2. The summed E-state index contributed by atoms with van der Waals surface area (Å²) < 4.78 is 50.4. The number of fused-ring (bicyclic) bond motifs is 1. The molecule has 1 aliphatic heterocycles. The zero-order valence-electron chi connectivity index (χ0n) is 26.2. The largest absolute Gasteiger partial charge is 0.454 e. The first-order valence-electron chi connectivity index (χ1n) is 15.6. The fraction of sp³-hybridized carbons (Fsp3) is 0.382. The van der Waals surface area contributed by atoms with E-state index in [9.17, 15) is 18.8 Å². The molecule has 2 aliphatic rings. The number of hydrogen-bond acceptors (Lipinski definition) is 8. The molecule has 0 spiro atoms. The lowest BCUT2D eigenvalue weighted by molar-refractivity contribution is -0.127. The van der Waals surface area contributed by atoms with Gasteiger partial charge in [0.2, 0.25) is 5.82 Å². The van der Waals surface area contributed by atoms with Gasteiger partial charge in [0.05, 0.1) is 18.0 Å². The molecule has 2 aromatic carbocycles. The number of aromatic nitrogens is 4. The Morgan fingerprint density at radius 3 is 2.66 bits per heavy atom. The topological polar surface area (TPSA) is 126 Å². The molecule has 13 heteroatoms. The van der Waals surface area contributed by atoms with Gasteiger partial charge < -0.3 is 20.3 Å². The van der Waals surface area contributed by atoms with Crippen LogP contribution >= 0.6 is 0 Å². The molecule has 0 bridgehead atoms. The number of rotatable bonds is 9. The van der Waals surface area contributed by atoms with Crippen LogP contribution in [0.1, 0.15) is 38.5 Å². The van der Waals surface area contributed by atoms with Crippen molar-refractivity contribution in [3.63, 3.8) is 0 Å². The van der Waals surface area contributed by atoms with Crippen LogP contribution in [0.5, 0.6) is 11.5 Å². The second-order valence-corrected chi connectivity index (χ2v) is 12.6. The average molecular weight is 645 g/mol. The van der Waals surface area contributed by atoms with Crippen LogP contribution in [0.3, 0.4) is 0 Å². The lowest BCUT2D eigenvalue weighted by Crippen LogP contribution is -2.39. The number of halogens is 3. The van der Waals surface area contributed by atoms with E-state index in [1.165, 1.54) is 30.6 Å². The SMILES string of the molecule is CN(C)CC1(/C=C(\C#N)C(=O)N2CCC[C@H]2Cn2nc(-c3ccc(Oc4cccc(F)c4F)cc3F)c3c(N)ncnc32)CCCC1. The molecule has 0 unspecified atom stereocenters. The Hall–Kier alpha value is -4.96. The number of carbonyl (C=O) groups excluding carboxylic acids is 1. The molecule has 3 heterocycles. The smallest absolute Gasteiger partial charge is 0.264 e. The highest BCUT2D eigenvalue weighted by molar-refractivity contribution is 5.99. The van der Waals surface area contributed by atoms with Crippen molar-refractivity contribution in [3.05, 3.63) is 71.8 Å². The normalized spacial score (nSPS) is 17.9. The van der Waals surface area contributed by atoms with E-state index in [1.807, 2.05) is 20.2 Å². The van der Waals surface area contributed by atoms with Gasteiger partial charge in [0.25, 0.3) is 5.91 Å². The van der Waals surface area contributed by atoms with Gasteiger partial charge in [0, 0.05) is 30.1 Å². The number of carbonyl (C=O) groups is 1. The van der Waals surface area contributed by atoms with E-state index in [4.69, 9.17) is 15.6 Å². The third-order valence-corrected chi connectivity index (χ3v) is 8.95. The summed E-state index contributed by atoms with van der Waals surface area (Å²) in [5, 5.41) is 15.1. The molecule has 1 saturated carbocycles. The van der Waals surface area contributed by atoms with E-state index >= 15 is 4.39 Å². The van der Waals surface area contributed by atoms with Gasteiger partial charge in [0.1, 0.15) is 41.0 Å². The number of nitriles is 1. The Kier molecular flexibility index (Phi) is 8.88. The van der Waals surface area contributed by atoms with Gasteiger partial charge in [-0.15, -0.1) is 0 Å². The Bertz CT molecular complexity index is 1890. The van der Waals surface area contributed by atoms with Gasteiger partial charge in [0.15, 0.2) is 17.2 Å². The first-order valence-corrected chi connectivity index (χ1v) is 15.6. The minimum absolute atomic E-state index is 0.0462. The predicted molar refractivity (Wildman–Crippen MR) is 169 cm³/mol. The Morgan fingerprint density at radius 2 is 1.94 bits per heavy atom. The van der Waals surface area contributed by atoms with Crippen molar-refractivity contribution in [1.29, 1.82) is 5.26 Å². The summed E-state index contributed by atoms with van der Waals surface area (Å²) in [7, 11) is 4.00. The van der Waals surface area contributed by atoms with E-state index < -0.39 is 17.5 Å². The van der Waals surface area contributed by atoms with E-state index in [0.717, 1.165) is 50.8 Å². The van der Waals surface area contributed by atoms with Crippen LogP contribution in [0, 0.1) is 34.2 Å². The Labute approximate surface area is 270 Å². The van der Waals surface area contributed by atoms with E-state index in [1.54, 1.807) is 9.58 Å². The summed E-state index contributed by atoms with van der Waals surface area (Å²) in [5.74, 6) is -3.65. The Balaban J connectivity index is 1.29. The number of likely N-dealkylation sites (tertiary alicyclic amines) is 1. The molecule has 4 aromatic rings. The summed E-state index contributed by atoms with van der Waals surface area (Å²) >= 11 is 0. The molecule has 1 atom stereocenters. The molecule has 6 rings (SSSR count). The number of hydrogen-bond donors (Lipinski definition) is 1. The van der Waals surface area contributed by atoms with Crippen molar-refractivity contribution >= 4 is 22.8 Å². The van der Waals surface area contributed by atoms with Gasteiger partial charge >= 0.3 is 0 Å². The molecule has 1 saturated heterocycles. The second kappa shape index (κ2) is 13.0. The van der Waals surface area contributed by atoms with E-state index in [0.29, 0.717) is 24.0 Å². The van der Waals surface area contributed by atoms with Crippen LogP contribution < -0.4 is 10.5 Å². The van der Waals surface area contributed by atoms with Crippen molar-refractivity contribution in [2.45, 2.75) is 51.1 Å². The molecule has 2 fully saturated rings. The molecular formula is C34H35F3N8O2. The van der Waals surface area contributed by atoms with Crippen LogP contribution in [-0.2, 0) is 11.3 Å². The minimum atomic E-state index is -1.19. The van der Waals surface area contributed by atoms with Gasteiger partial charge in [-0.2, -0.15) is 14.8 Å². The molecule has 244 valence electrons. The third kappa shape index (κ3) is 6.38. The van der Waals surface area contributed by atoms with Gasteiger partial charge in [-0.25, -0.2) is 23.4 Å². The monoisotopic (exact) mass is 644 g/mol. The van der Waals surface area contributed by atoms with Crippen LogP contribution in [0.15, 0.2) is 54.4 Å². The molecule has 1 amide bonds. The Morgan fingerprint density at radius 1 is 1.15 bits per heavy atom. The molecule has 10 nitrogen and oxygen atoms in total. The summed E-state index contributed by atoms with van der Waals surface area (Å²) in [4.78, 5) is 26.1. The number of anilines is 1. The zero-order valence-corrected chi connectivity index (χ0v) is 26.2. The zero-order chi connectivity index (χ0) is 33.3. The lowest BCUT2D eigenvalue weighted by atomic mass is 9.83. The number of nitrogen functional groups attached to an aromatic ring is 1. The molecule has 1 aliphatic carbocycles. The summed E-state index contributed by atoms with van der Waals surface area (Å²) in [6, 6.07) is 9.23.